The number of nitrogens with two attached hydrogens (primary N) is 1. The Morgan fingerprint density at radius 3 is 2.89 bits per heavy atom. The molecule has 4 nitrogen and oxygen atoms in total. The molecule has 1 aliphatic carbocycles. The second kappa shape index (κ2) is 6.02. The Hall–Kier alpha value is -1.62. The molecular weight excluding hydrogens is 247 g/mol. The molecule has 0 spiro atoms. The topological polar surface area (TPSA) is 64.3 Å². The fourth-order valence-corrected chi connectivity index (χ4v) is 1.97. The summed E-state index contributed by atoms with van der Waals surface area (Å²) in [7, 11) is 0. The summed E-state index contributed by atoms with van der Waals surface area (Å²) in [4.78, 5) is 11.7. The summed E-state index contributed by atoms with van der Waals surface area (Å²) >= 11 is 0. The van der Waals surface area contributed by atoms with Crippen LogP contribution in [0.25, 0.3) is 0 Å². The first-order valence-corrected chi connectivity index (χ1v) is 6.58. The van der Waals surface area contributed by atoms with Crippen LogP contribution in [0.3, 0.4) is 0 Å². The van der Waals surface area contributed by atoms with E-state index in [4.69, 9.17) is 10.5 Å². The average Bonchev–Trinajstić information content (AvgIpc) is 3.16. The van der Waals surface area contributed by atoms with Gasteiger partial charge in [0.15, 0.2) is 11.6 Å². The van der Waals surface area contributed by atoms with Crippen LogP contribution in [0.2, 0.25) is 0 Å². The van der Waals surface area contributed by atoms with Gasteiger partial charge in [0, 0.05) is 24.2 Å². The van der Waals surface area contributed by atoms with Gasteiger partial charge in [0.2, 0.25) is 5.91 Å². The largest absolute Gasteiger partial charge is 0.491 e. The second-order valence-electron chi connectivity index (χ2n) is 4.83. The van der Waals surface area contributed by atoms with Crippen molar-refractivity contribution in [3.63, 3.8) is 0 Å². The second-order valence-corrected chi connectivity index (χ2v) is 4.83. The molecule has 5 heteroatoms. The Morgan fingerprint density at radius 2 is 2.32 bits per heavy atom. The Labute approximate surface area is 112 Å². The number of hydrogen-bond acceptors (Lipinski definition) is 3. The normalized spacial score (nSPS) is 15.9. The highest BCUT2D eigenvalue weighted by Gasteiger charge is 2.29. The molecule has 0 bridgehead atoms. The Balaban J connectivity index is 1.90. The van der Waals surface area contributed by atoms with E-state index in [1.54, 1.807) is 13.0 Å². The number of nitrogens with one attached hydrogen (secondary N) is 1. The summed E-state index contributed by atoms with van der Waals surface area (Å²) in [6.45, 7) is 2.19. The smallest absolute Gasteiger partial charge is 0.225 e. The van der Waals surface area contributed by atoms with Crippen LogP contribution in [0, 0.1) is 11.7 Å². The number of halogens is 1. The number of carbonyl (C=O) groups is 1. The molecule has 0 aromatic heterocycles. The molecule has 3 N–H and O–H groups in total. The highest BCUT2D eigenvalue weighted by molar-refractivity contribution is 5.91. The van der Waals surface area contributed by atoms with Crippen molar-refractivity contribution in [2.45, 2.75) is 32.2 Å². The van der Waals surface area contributed by atoms with Gasteiger partial charge < -0.3 is 15.8 Å². The molecule has 1 aliphatic rings. The molecule has 0 aliphatic heterocycles. The standard InChI is InChI=1S/C14H19FN2O2/c1-2-19-13-6-5-10(7-11(13)15)17-14(18)8-12(16)9-3-4-9/h5-7,9,12H,2-4,8,16H2,1H3,(H,17,18). The van der Waals surface area contributed by atoms with Gasteiger partial charge in [-0.05, 0) is 37.8 Å². The quantitative estimate of drug-likeness (QED) is 0.830. The zero-order valence-electron chi connectivity index (χ0n) is 11.0. The number of hydrogen-bond donors (Lipinski definition) is 2. The van der Waals surface area contributed by atoms with Gasteiger partial charge in [-0.25, -0.2) is 4.39 Å². The highest BCUT2D eigenvalue weighted by atomic mass is 19.1. The lowest BCUT2D eigenvalue weighted by Crippen LogP contribution is -2.28. The first-order valence-electron chi connectivity index (χ1n) is 6.58. The summed E-state index contributed by atoms with van der Waals surface area (Å²) in [5.41, 5.74) is 6.30. The first-order chi connectivity index (χ1) is 9.10. The van der Waals surface area contributed by atoms with Crippen molar-refractivity contribution < 1.29 is 13.9 Å². The lowest BCUT2D eigenvalue weighted by atomic mass is 10.1. The monoisotopic (exact) mass is 266 g/mol. The van der Waals surface area contributed by atoms with Gasteiger partial charge in [0.25, 0.3) is 0 Å². The minimum Gasteiger partial charge on any atom is -0.491 e. The van der Waals surface area contributed by atoms with Crippen molar-refractivity contribution in [2.75, 3.05) is 11.9 Å². The van der Waals surface area contributed by atoms with Crippen LogP contribution in [0.1, 0.15) is 26.2 Å². The maximum Gasteiger partial charge on any atom is 0.225 e. The van der Waals surface area contributed by atoms with Crippen LogP contribution in [-0.4, -0.2) is 18.6 Å². The summed E-state index contributed by atoms with van der Waals surface area (Å²) in [5, 5.41) is 2.65. The zero-order chi connectivity index (χ0) is 13.8. The predicted octanol–water partition coefficient (Wildman–Crippen LogP) is 2.29. The molecule has 1 amide bonds. The molecule has 2 rings (SSSR count). The van der Waals surface area contributed by atoms with E-state index in [1.165, 1.54) is 12.1 Å². The molecule has 19 heavy (non-hydrogen) atoms. The Morgan fingerprint density at radius 1 is 1.58 bits per heavy atom. The third-order valence-electron chi connectivity index (χ3n) is 3.16. The van der Waals surface area contributed by atoms with Gasteiger partial charge in [0.1, 0.15) is 0 Å². The predicted molar refractivity (Wildman–Crippen MR) is 71.5 cm³/mol. The molecule has 104 valence electrons. The van der Waals surface area contributed by atoms with E-state index in [0.29, 0.717) is 18.2 Å². The SMILES string of the molecule is CCOc1ccc(NC(=O)CC(N)C2CC2)cc1F. The molecule has 0 radical (unpaired) electrons. The zero-order valence-corrected chi connectivity index (χ0v) is 11.0. The van der Waals surface area contributed by atoms with Crippen LogP contribution in [-0.2, 0) is 4.79 Å². The fraction of sp³-hybridized carbons (Fsp3) is 0.500. The van der Waals surface area contributed by atoms with E-state index in [0.717, 1.165) is 12.8 Å². The van der Waals surface area contributed by atoms with Crippen LogP contribution >= 0.6 is 0 Å². The van der Waals surface area contributed by atoms with Gasteiger partial charge in [0.05, 0.1) is 6.61 Å². The van der Waals surface area contributed by atoms with Crippen molar-refractivity contribution >= 4 is 11.6 Å². The highest BCUT2D eigenvalue weighted by Crippen LogP contribution is 2.32. The van der Waals surface area contributed by atoms with Crippen molar-refractivity contribution in [3.05, 3.63) is 24.0 Å². The van der Waals surface area contributed by atoms with Gasteiger partial charge in [-0.2, -0.15) is 0 Å². The van der Waals surface area contributed by atoms with Crippen LogP contribution in [0.4, 0.5) is 10.1 Å². The molecule has 1 aromatic carbocycles. The average molecular weight is 266 g/mol. The van der Waals surface area contributed by atoms with E-state index in [2.05, 4.69) is 5.32 Å². The summed E-state index contributed by atoms with van der Waals surface area (Å²) in [5.74, 6) is 0.00657. The van der Waals surface area contributed by atoms with Crippen molar-refractivity contribution in [2.24, 2.45) is 11.7 Å². The van der Waals surface area contributed by atoms with Gasteiger partial charge >= 0.3 is 0 Å². The number of ether oxygens (including phenoxy) is 1. The molecule has 1 fully saturated rings. The number of amides is 1. The summed E-state index contributed by atoms with van der Waals surface area (Å²) < 4.78 is 18.7. The number of benzene rings is 1. The van der Waals surface area contributed by atoms with Gasteiger partial charge in [-0.15, -0.1) is 0 Å². The van der Waals surface area contributed by atoms with Crippen LogP contribution in [0.15, 0.2) is 18.2 Å². The third kappa shape index (κ3) is 3.92. The van der Waals surface area contributed by atoms with Gasteiger partial charge in [-0.1, -0.05) is 0 Å². The van der Waals surface area contributed by atoms with E-state index >= 15 is 0 Å². The number of rotatable bonds is 6. The van der Waals surface area contributed by atoms with E-state index in [-0.39, 0.29) is 24.1 Å². The van der Waals surface area contributed by atoms with Crippen molar-refractivity contribution in [3.8, 4) is 5.75 Å². The fourth-order valence-electron chi connectivity index (χ4n) is 1.97. The van der Waals surface area contributed by atoms with E-state index < -0.39 is 5.82 Å². The first kappa shape index (κ1) is 13.8. The molecule has 1 atom stereocenters. The van der Waals surface area contributed by atoms with E-state index in [9.17, 15) is 9.18 Å². The molecule has 1 saturated carbocycles. The summed E-state index contributed by atoms with van der Waals surface area (Å²) in [6, 6.07) is 4.29. The molecule has 1 unspecified atom stereocenters. The third-order valence-corrected chi connectivity index (χ3v) is 3.16. The minimum atomic E-state index is -0.480. The maximum absolute atomic E-state index is 13.6. The minimum absolute atomic E-state index is 0.0902. The van der Waals surface area contributed by atoms with E-state index in [1.807, 2.05) is 0 Å². The lowest BCUT2D eigenvalue weighted by molar-refractivity contribution is -0.116. The molecular formula is C14H19FN2O2. The Kier molecular flexibility index (Phi) is 4.37. The molecule has 0 saturated heterocycles. The van der Waals surface area contributed by atoms with Crippen molar-refractivity contribution in [1.82, 2.24) is 0 Å². The number of carbonyl (C=O) groups excluding carboxylic acids is 1. The number of anilines is 1. The van der Waals surface area contributed by atoms with Gasteiger partial charge in [-0.3, -0.25) is 4.79 Å². The lowest BCUT2D eigenvalue weighted by Gasteiger charge is -2.11. The Bertz CT molecular complexity index is 461. The van der Waals surface area contributed by atoms with Crippen LogP contribution < -0.4 is 15.8 Å². The summed E-state index contributed by atoms with van der Waals surface area (Å²) in [6.07, 6.45) is 2.48. The van der Waals surface area contributed by atoms with Crippen molar-refractivity contribution in [1.29, 1.82) is 0 Å². The van der Waals surface area contributed by atoms with Crippen LogP contribution in [0.5, 0.6) is 5.75 Å². The molecule has 0 heterocycles. The maximum atomic E-state index is 13.6. The molecule has 1 aromatic rings.